The van der Waals surface area contributed by atoms with E-state index in [0.717, 1.165) is 66.7 Å². The predicted octanol–water partition coefficient (Wildman–Crippen LogP) is 5.34. The molecule has 196 valence electrons. The van der Waals surface area contributed by atoms with Crippen LogP contribution in [0.25, 0.3) is 11.0 Å². The van der Waals surface area contributed by atoms with Crippen molar-refractivity contribution in [1.82, 2.24) is 19.8 Å². The van der Waals surface area contributed by atoms with E-state index in [1.165, 1.54) is 19.3 Å². The topological polar surface area (TPSA) is 67.2 Å². The van der Waals surface area contributed by atoms with Crippen molar-refractivity contribution < 1.29 is 9.59 Å². The van der Waals surface area contributed by atoms with E-state index in [-0.39, 0.29) is 35.9 Å². The van der Waals surface area contributed by atoms with Gasteiger partial charge in [-0.1, -0.05) is 26.0 Å². The van der Waals surface area contributed by atoms with Crippen LogP contribution >= 0.6 is 0 Å². The second-order valence-corrected chi connectivity index (χ2v) is 12.1. The van der Waals surface area contributed by atoms with Gasteiger partial charge >= 0.3 is 0 Å². The lowest BCUT2D eigenvalue weighted by Gasteiger charge is -2.55. The number of nitrogens with one attached hydrogen (secondary N) is 1. The molecule has 4 fully saturated rings. The SMILES string of the molecule is CCC(C)N(C(=O)Cn1c(CCNC(=O)C23CC4CC(CC(C4)C2)C3)nc2ccccc21)C(C)CC. The predicted molar refractivity (Wildman–Crippen MR) is 143 cm³/mol. The van der Waals surface area contributed by atoms with Crippen LogP contribution in [0.4, 0.5) is 0 Å². The van der Waals surface area contributed by atoms with E-state index in [1.54, 1.807) is 0 Å². The molecule has 0 aliphatic heterocycles. The molecule has 4 aliphatic rings. The molecule has 1 aromatic heterocycles. The van der Waals surface area contributed by atoms with E-state index in [4.69, 9.17) is 4.98 Å². The number of fused-ring (bicyclic) bond motifs is 1. The maximum absolute atomic E-state index is 13.6. The van der Waals surface area contributed by atoms with Crippen molar-refractivity contribution in [2.24, 2.45) is 23.2 Å². The van der Waals surface area contributed by atoms with E-state index >= 15 is 0 Å². The first kappa shape index (κ1) is 25.3. The second-order valence-electron chi connectivity index (χ2n) is 12.1. The van der Waals surface area contributed by atoms with Crippen LogP contribution in [0.15, 0.2) is 24.3 Å². The molecule has 2 aromatic rings. The molecule has 4 bridgehead atoms. The number of nitrogens with zero attached hydrogens (tertiary/aromatic N) is 3. The fourth-order valence-electron chi connectivity index (χ4n) is 7.89. The number of hydrogen-bond acceptors (Lipinski definition) is 3. The standard InChI is InChI=1S/C30H44N4O2/c1-5-20(3)34(21(4)6-2)28(35)19-33-26-10-8-7-9-25(26)32-27(33)11-12-31-29(36)30-16-22-13-23(17-30)15-24(14-22)18-30/h7-10,20-24H,5-6,11-19H2,1-4H3,(H,31,36). The minimum absolute atomic E-state index is 0.127. The van der Waals surface area contributed by atoms with Crippen molar-refractivity contribution in [3.05, 3.63) is 30.1 Å². The van der Waals surface area contributed by atoms with Crippen LogP contribution in [0.2, 0.25) is 0 Å². The molecule has 0 spiro atoms. The summed E-state index contributed by atoms with van der Waals surface area (Å²) in [6, 6.07) is 8.45. The number of para-hydroxylation sites is 2. The number of rotatable bonds is 10. The summed E-state index contributed by atoms with van der Waals surface area (Å²) in [5, 5.41) is 3.30. The zero-order valence-electron chi connectivity index (χ0n) is 22.6. The molecule has 2 amide bonds. The molecule has 1 N–H and O–H groups in total. The first-order valence-corrected chi connectivity index (χ1v) is 14.4. The first-order valence-electron chi connectivity index (χ1n) is 14.4. The van der Waals surface area contributed by atoms with Crippen LogP contribution in [0.3, 0.4) is 0 Å². The van der Waals surface area contributed by atoms with Crippen molar-refractivity contribution in [1.29, 1.82) is 0 Å². The number of carbonyl (C=O) groups excluding carboxylic acids is 2. The Kier molecular flexibility index (Phi) is 7.15. The maximum atomic E-state index is 13.6. The normalized spacial score (nSPS) is 28.3. The lowest BCUT2D eigenvalue weighted by molar-refractivity contribution is -0.146. The van der Waals surface area contributed by atoms with Gasteiger partial charge in [-0.15, -0.1) is 0 Å². The number of benzene rings is 1. The van der Waals surface area contributed by atoms with Crippen molar-refractivity contribution in [3.8, 4) is 0 Å². The van der Waals surface area contributed by atoms with E-state index in [9.17, 15) is 9.59 Å². The van der Waals surface area contributed by atoms with Gasteiger partial charge in [0, 0.05) is 30.5 Å². The Morgan fingerprint density at radius 2 is 1.61 bits per heavy atom. The second kappa shape index (κ2) is 10.2. The number of aromatic nitrogens is 2. The van der Waals surface area contributed by atoms with Crippen LogP contribution in [0, 0.1) is 23.2 Å². The average molecular weight is 493 g/mol. The molecule has 6 heteroatoms. The lowest BCUT2D eigenvalue weighted by Crippen LogP contribution is -2.53. The molecule has 2 atom stereocenters. The van der Waals surface area contributed by atoms with Crippen molar-refractivity contribution >= 4 is 22.8 Å². The van der Waals surface area contributed by atoms with Gasteiger partial charge in [-0.05, 0) is 95.1 Å². The minimum Gasteiger partial charge on any atom is -0.355 e. The van der Waals surface area contributed by atoms with Gasteiger partial charge in [-0.3, -0.25) is 9.59 Å². The Labute approximate surface area is 216 Å². The van der Waals surface area contributed by atoms with Gasteiger partial charge in [0.25, 0.3) is 0 Å². The summed E-state index contributed by atoms with van der Waals surface area (Å²) in [4.78, 5) is 33.9. The Bertz CT molecular complexity index is 1060. The molecule has 6 nitrogen and oxygen atoms in total. The summed E-state index contributed by atoms with van der Waals surface area (Å²) < 4.78 is 2.08. The Hall–Kier alpha value is -2.37. The van der Waals surface area contributed by atoms with E-state index in [2.05, 4.69) is 37.6 Å². The molecular formula is C30H44N4O2. The minimum atomic E-state index is -0.127. The summed E-state index contributed by atoms with van der Waals surface area (Å²) in [6.07, 6.45) is 9.77. The van der Waals surface area contributed by atoms with Gasteiger partial charge in [0.05, 0.1) is 11.0 Å². The number of carbonyl (C=O) groups is 2. The first-order chi connectivity index (χ1) is 17.3. The summed E-state index contributed by atoms with van der Waals surface area (Å²) in [7, 11) is 0. The third-order valence-electron chi connectivity index (χ3n) is 9.60. The quantitative estimate of drug-likeness (QED) is 0.487. The third kappa shape index (κ3) is 4.68. The van der Waals surface area contributed by atoms with E-state index in [0.29, 0.717) is 13.0 Å². The molecule has 0 radical (unpaired) electrons. The highest BCUT2D eigenvalue weighted by Crippen LogP contribution is 2.60. The molecule has 1 aromatic carbocycles. The fourth-order valence-corrected chi connectivity index (χ4v) is 7.89. The van der Waals surface area contributed by atoms with Crippen LogP contribution in [-0.2, 0) is 22.6 Å². The van der Waals surface area contributed by atoms with Gasteiger partial charge in [0.15, 0.2) is 0 Å². The zero-order chi connectivity index (χ0) is 25.4. The van der Waals surface area contributed by atoms with Gasteiger partial charge in [0.1, 0.15) is 12.4 Å². The van der Waals surface area contributed by atoms with Crippen molar-refractivity contribution in [2.75, 3.05) is 6.54 Å². The lowest BCUT2D eigenvalue weighted by atomic mass is 9.49. The smallest absolute Gasteiger partial charge is 0.243 e. The zero-order valence-corrected chi connectivity index (χ0v) is 22.6. The summed E-state index contributed by atoms with van der Waals surface area (Å²) >= 11 is 0. The largest absolute Gasteiger partial charge is 0.355 e. The van der Waals surface area contributed by atoms with E-state index < -0.39 is 0 Å². The summed E-state index contributed by atoms with van der Waals surface area (Å²) in [5.41, 5.74) is 1.77. The maximum Gasteiger partial charge on any atom is 0.243 e. The Morgan fingerprint density at radius 1 is 1.03 bits per heavy atom. The number of amides is 2. The van der Waals surface area contributed by atoms with Crippen molar-refractivity contribution in [3.63, 3.8) is 0 Å². The molecule has 2 unspecified atom stereocenters. The van der Waals surface area contributed by atoms with Gasteiger partial charge in [0.2, 0.25) is 11.8 Å². The number of hydrogen-bond donors (Lipinski definition) is 1. The van der Waals surface area contributed by atoms with Gasteiger partial charge in [-0.2, -0.15) is 0 Å². The molecule has 4 aliphatic carbocycles. The number of imidazole rings is 1. The van der Waals surface area contributed by atoms with Gasteiger partial charge in [-0.25, -0.2) is 4.98 Å². The highest BCUT2D eigenvalue weighted by molar-refractivity contribution is 5.83. The fraction of sp³-hybridized carbons (Fsp3) is 0.700. The van der Waals surface area contributed by atoms with Gasteiger partial charge < -0.3 is 14.8 Å². The molecule has 0 saturated heterocycles. The molecule has 36 heavy (non-hydrogen) atoms. The summed E-state index contributed by atoms with van der Waals surface area (Å²) in [6.45, 7) is 9.40. The van der Waals surface area contributed by atoms with Crippen LogP contribution in [0.1, 0.15) is 84.9 Å². The van der Waals surface area contributed by atoms with Crippen LogP contribution in [0.5, 0.6) is 0 Å². The molecule has 1 heterocycles. The average Bonchev–Trinajstić information content (AvgIpc) is 3.20. The Morgan fingerprint density at radius 3 is 2.19 bits per heavy atom. The Balaban J connectivity index is 1.30. The third-order valence-corrected chi connectivity index (χ3v) is 9.60. The monoisotopic (exact) mass is 492 g/mol. The molecule has 6 rings (SSSR count). The molecule has 4 saturated carbocycles. The van der Waals surface area contributed by atoms with E-state index in [1.807, 2.05) is 29.2 Å². The van der Waals surface area contributed by atoms with Crippen molar-refractivity contribution in [2.45, 2.75) is 104 Å². The van der Waals surface area contributed by atoms with Crippen LogP contribution in [-0.4, -0.2) is 44.9 Å². The highest BCUT2D eigenvalue weighted by Gasteiger charge is 2.54. The van der Waals surface area contributed by atoms with Crippen LogP contribution < -0.4 is 5.32 Å². The summed E-state index contributed by atoms with van der Waals surface area (Å²) in [5.74, 6) is 3.56. The molecular weight excluding hydrogens is 448 g/mol. The highest BCUT2D eigenvalue weighted by atomic mass is 16.2.